The molecule has 0 heterocycles. The van der Waals surface area contributed by atoms with E-state index in [0.717, 1.165) is 10.6 Å². The van der Waals surface area contributed by atoms with Gasteiger partial charge in [0, 0.05) is 23.1 Å². The molecule has 0 bridgehead atoms. The SMILES string of the molecule is CCNC(=O)[C@H](CC)N(Cc1ccc(Cl)cc1Cl)C(=O)CN(c1cccc(Cl)c1Cl)S(C)(=O)=O. The van der Waals surface area contributed by atoms with Gasteiger partial charge in [0.1, 0.15) is 12.6 Å². The third-order valence-electron chi connectivity index (χ3n) is 4.97. The highest BCUT2D eigenvalue weighted by atomic mass is 35.5. The van der Waals surface area contributed by atoms with E-state index in [0.29, 0.717) is 28.6 Å². The molecular formula is C22H25Cl4N3O4S. The maximum Gasteiger partial charge on any atom is 0.244 e. The van der Waals surface area contributed by atoms with Gasteiger partial charge in [-0.2, -0.15) is 0 Å². The van der Waals surface area contributed by atoms with E-state index in [1.807, 2.05) is 0 Å². The van der Waals surface area contributed by atoms with Crippen molar-refractivity contribution in [2.45, 2.75) is 32.9 Å². The molecule has 2 amide bonds. The molecular weight excluding hydrogens is 544 g/mol. The van der Waals surface area contributed by atoms with Crippen LogP contribution < -0.4 is 9.62 Å². The lowest BCUT2D eigenvalue weighted by atomic mass is 10.1. The van der Waals surface area contributed by atoms with Crippen LogP contribution in [-0.4, -0.2) is 50.5 Å². The minimum Gasteiger partial charge on any atom is -0.355 e. The minimum absolute atomic E-state index is 0.00884. The summed E-state index contributed by atoms with van der Waals surface area (Å²) >= 11 is 24.6. The maximum atomic E-state index is 13.6. The smallest absolute Gasteiger partial charge is 0.244 e. The molecule has 0 saturated carbocycles. The third-order valence-corrected chi connectivity index (χ3v) is 7.49. The summed E-state index contributed by atoms with van der Waals surface area (Å²) in [6.45, 7) is 3.25. The molecule has 0 aliphatic rings. The van der Waals surface area contributed by atoms with Gasteiger partial charge in [-0.15, -0.1) is 0 Å². The number of rotatable bonds is 10. The number of likely N-dealkylation sites (N-methyl/N-ethyl adjacent to an activating group) is 1. The van der Waals surface area contributed by atoms with Gasteiger partial charge in [-0.05, 0) is 43.2 Å². The number of sulfonamides is 1. The van der Waals surface area contributed by atoms with Crippen LogP contribution in [0.5, 0.6) is 0 Å². The zero-order chi connectivity index (χ0) is 25.6. The number of hydrogen-bond donors (Lipinski definition) is 1. The summed E-state index contributed by atoms with van der Waals surface area (Å²) in [6.07, 6.45) is 1.25. The number of carbonyl (C=O) groups excluding carboxylic acids is 2. The van der Waals surface area contributed by atoms with Crippen molar-refractivity contribution >= 4 is 73.9 Å². The van der Waals surface area contributed by atoms with Gasteiger partial charge < -0.3 is 10.2 Å². The Balaban J connectivity index is 2.51. The lowest BCUT2D eigenvalue weighted by molar-refractivity contribution is -0.140. The van der Waals surface area contributed by atoms with E-state index in [1.54, 1.807) is 26.0 Å². The second kappa shape index (κ2) is 12.3. The molecule has 2 aromatic carbocycles. The molecule has 2 aromatic rings. The molecule has 1 N–H and O–H groups in total. The number of halogens is 4. The number of benzene rings is 2. The Morgan fingerprint density at radius 3 is 2.26 bits per heavy atom. The van der Waals surface area contributed by atoms with Gasteiger partial charge in [0.05, 0.1) is 22.0 Å². The third kappa shape index (κ3) is 7.15. The van der Waals surface area contributed by atoms with Crippen LogP contribution in [0.2, 0.25) is 20.1 Å². The number of nitrogens with one attached hydrogen (secondary N) is 1. The maximum absolute atomic E-state index is 13.6. The van der Waals surface area contributed by atoms with Gasteiger partial charge in [0.25, 0.3) is 0 Å². The first-order valence-corrected chi connectivity index (χ1v) is 13.7. The standard InChI is InChI=1S/C22H25Cl4N3O4S/c1-4-18(22(31)27-5-2)28(12-14-9-10-15(23)11-17(14)25)20(30)13-29(34(3,32)33)19-8-6-7-16(24)21(19)26/h6-11,18H,4-5,12-13H2,1-3H3,(H,27,31)/t18-/m0/s1. The van der Waals surface area contributed by atoms with Crippen LogP contribution in [0.1, 0.15) is 25.8 Å². The Morgan fingerprint density at radius 1 is 1.03 bits per heavy atom. The van der Waals surface area contributed by atoms with Gasteiger partial charge in [0.15, 0.2) is 0 Å². The fraction of sp³-hybridized carbons (Fsp3) is 0.364. The number of carbonyl (C=O) groups is 2. The molecule has 2 rings (SSSR count). The van der Waals surface area contributed by atoms with E-state index in [1.165, 1.54) is 29.2 Å². The van der Waals surface area contributed by atoms with Crippen molar-refractivity contribution in [3.05, 3.63) is 62.1 Å². The minimum atomic E-state index is -3.94. The average molecular weight is 569 g/mol. The predicted octanol–water partition coefficient (Wildman–Crippen LogP) is 5.01. The topological polar surface area (TPSA) is 86.8 Å². The molecule has 0 aliphatic heterocycles. The van der Waals surface area contributed by atoms with Crippen molar-refractivity contribution < 1.29 is 18.0 Å². The summed E-state index contributed by atoms with van der Waals surface area (Å²) in [5, 5.41) is 3.58. The largest absolute Gasteiger partial charge is 0.355 e. The number of hydrogen-bond acceptors (Lipinski definition) is 4. The van der Waals surface area contributed by atoms with Crippen molar-refractivity contribution in [1.82, 2.24) is 10.2 Å². The van der Waals surface area contributed by atoms with E-state index in [2.05, 4.69) is 5.32 Å². The van der Waals surface area contributed by atoms with Crippen molar-refractivity contribution in [1.29, 1.82) is 0 Å². The first-order chi connectivity index (χ1) is 15.9. The van der Waals surface area contributed by atoms with Gasteiger partial charge in [-0.25, -0.2) is 8.42 Å². The summed E-state index contributed by atoms with van der Waals surface area (Å²) in [6, 6.07) is 8.42. The summed E-state index contributed by atoms with van der Waals surface area (Å²) in [5.41, 5.74) is 0.606. The fourth-order valence-corrected chi connectivity index (χ4v) is 5.10. The van der Waals surface area contributed by atoms with E-state index in [4.69, 9.17) is 46.4 Å². The molecule has 0 fully saturated rings. The Morgan fingerprint density at radius 2 is 1.71 bits per heavy atom. The van der Waals surface area contributed by atoms with Gasteiger partial charge >= 0.3 is 0 Å². The van der Waals surface area contributed by atoms with Crippen LogP contribution in [-0.2, 0) is 26.2 Å². The molecule has 0 spiro atoms. The summed E-state index contributed by atoms with van der Waals surface area (Å²) < 4.78 is 26.1. The van der Waals surface area contributed by atoms with Crippen molar-refractivity contribution in [2.75, 3.05) is 23.7 Å². The second-order valence-electron chi connectivity index (χ2n) is 7.42. The summed E-state index contributed by atoms with van der Waals surface area (Å²) in [4.78, 5) is 27.6. The first-order valence-electron chi connectivity index (χ1n) is 10.3. The molecule has 186 valence electrons. The quantitative estimate of drug-likeness (QED) is 0.436. The van der Waals surface area contributed by atoms with E-state index in [9.17, 15) is 18.0 Å². The Bertz CT molecular complexity index is 1160. The van der Waals surface area contributed by atoms with Gasteiger partial charge in [-0.3, -0.25) is 13.9 Å². The monoisotopic (exact) mass is 567 g/mol. The highest BCUT2D eigenvalue weighted by Gasteiger charge is 2.32. The van der Waals surface area contributed by atoms with Crippen molar-refractivity contribution in [3.8, 4) is 0 Å². The molecule has 0 radical (unpaired) electrons. The first kappa shape index (κ1) is 28.5. The summed E-state index contributed by atoms with van der Waals surface area (Å²) in [5.74, 6) is -0.985. The average Bonchev–Trinajstić information content (AvgIpc) is 2.75. The highest BCUT2D eigenvalue weighted by Crippen LogP contribution is 2.34. The van der Waals surface area contributed by atoms with Crippen LogP contribution in [0.25, 0.3) is 0 Å². The molecule has 0 saturated heterocycles. The van der Waals surface area contributed by atoms with E-state index >= 15 is 0 Å². The van der Waals surface area contributed by atoms with E-state index < -0.39 is 28.5 Å². The highest BCUT2D eigenvalue weighted by molar-refractivity contribution is 7.92. The van der Waals surface area contributed by atoms with Crippen LogP contribution in [0.4, 0.5) is 5.69 Å². The van der Waals surface area contributed by atoms with Gasteiger partial charge in [0.2, 0.25) is 21.8 Å². The molecule has 34 heavy (non-hydrogen) atoms. The molecule has 1 atom stereocenters. The van der Waals surface area contributed by atoms with E-state index in [-0.39, 0.29) is 28.2 Å². The van der Waals surface area contributed by atoms with Gasteiger partial charge in [-0.1, -0.05) is 65.5 Å². The molecule has 0 aromatic heterocycles. The lowest BCUT2D eigenvalue weighted by Gasteiger charge is -2.33. The van der Waals surface area contributed by atoms with Crippen LogP contribution in [0, 0.1) is 0 Å². The molecule has 0 aliphatic carbocycles. The second-order valence-corrected chi connectivity index (χ2v) is 11.0. The number of anilines is 1. The molecule has 0 unspecified atom stereocenters. The van der Waals surface area contributed by atoms with Crippen molar-refractivity contribution in [2.24, 2.45) is 0 Å². The summed E-state index contributed by atoms with van der Waals surface area (Å²) in [7, 11) is -3.94. The molecule has 7 nitrogen and oxygen atoms in total. The number of amides is 2. The van der Waals surface area contributed by atoms with Crippen LogP contribution in [0.3, 0.4) is 0 Å². The predicted molar refractivity (Wildman–Crippen MR) is 138 cm³/mol. The zero-order valence-corrected chi connectivity index (χ0v) is 22.7. The van der Waals surface area contributed by atoms with Crippen LogP contribution in [0.15, 0.2) is 36.4 Å². The number of nitrogens with zero attached hydrogens (tertiary/aromatic N) is 2. The lowest BCUT2D eigenvalue weighted by Crippen LogP contribution is -2.52. The Kier molecular flexibility index (Phi) is 10.3. The molecule has 12 heteroatoms. The Labute approximate surface area is 220 Å². The van der Waals surface area contributed by atoms with Crippen molar-refractivity contribution in [3.63, 3.8) is 0 Å². The fourth-order valence-electron chi connectivity index (χ4n) is 3.32. The normalized spacial score (nSPS) is 12.2. The van der Waals surface area contributed by atoms with Crippen LogP contribution >= 0.6 is 46.4 Å². The Hall–Kier alpha value is -1.71. The zero-order valence-electron chi connectivity index (χ0n) is 18.8.